The first-order valence-electron chi connectivity index (χ1n) is 7.71. The molecule has 9 heteroatoms. The molecule has 1 aromatic carbocycles. The van der Waals surface area contributed by atoms with Gasteiger partial charge in [-0.25, -0.2) is 9.78 Å². The van der Waals surface area contributed by atoms with E-state index in [4.69, 9.17) is 4.74 Å². The molecule has 3 aromatic rings. The van der Waals surface area contributed by atoms with Gasteiger partial charge in [0.25, 0.3) is 0 Å². The number of hydrogen-bond donors (Lipinski definition) is 1. The first kappa shape index (κ1) is 16.4. The number of rotatable bonds is 2. The Kier molecular flexibility index (Phi) is 3.60. The van der Waals surface area contributed by atoms with Crippen LogP contribution >= 0.6 is 0 Å². The van der Waals surface area contributed by atoms with Gasteiger partial charge in [-0.15, -0.1) is 0 Å². The molecular weight excluding hydrogens is 351 g/mol. The van der Waals surface area contributed by atoms with E-state index in [-0.39, 0.29) is 12.2 Å². The third kappa shape index (κ3) is 2.96. The van der Waals surface area contributed by atoms with Crippen molar-refractivity contribution in [3.8, 4) is 17.3 Å². The number of fused-ring (bicyclic) bond motifs is 1. The third-order valence-corrected chi connectivity index (χ3v) is 4.06. The van der Waals surface area contributed by atoms with Crippen LogP contribution in [0.5, 0.6) is 5.75 Å². The Labute approximate surface area is 144 Å². The molecule has 0 saturated heterocycles. The molecule has 134 valence electrons. The lowest BCUT2D eigenvalue weighted by molar-refractivity contribution is -0.137. The lowest BCUT2D eigenvalue weighted by Crippen LogP contribution is -2.07. The summed E-state index contributed by atoms with van der Waals surface area (Å²) in [7, 11) is 0. The van der Waals surface area contributed by atoms with Crippen molar-refractivity contribution in [2.24, 2.45) is 0 Å². The quantitative estimate of drug-likeness (QED) is 0.754. The van der Waals surface area contributed by atoms with Gasteiger partial charge in [-0.05, 0) is 48.4 Å². The molecule has 2 aromatic heterocycles. The number of H-pyrrole nitrogens is 1. The minimum Gasteiger partial charge on any atom is -0.483 e. The van der Waals surface area contributed by atoms with E-state index in [9.17, 15) is 18.0 Å². The fourth-order valence-electron chi connectivity index (χ4n) is 2.91. The number of nitrogens with one attached hydrogen (secondary N) is 1. The van der Waals surface area contributed by atoms with Crippen LogP contribution in [0.25, 0.3) is 11.5 Å². The highest BCUT2D eigenvalue weighted by Crippen LogP contribution is 2.40. The number of alkyl halides is 3. The van der Waals surface area contributed by atoms with E-state index in [1.165, 1.54) is 6.07 Å². The number of aromatic nitrogens is 3. The summed E-state index contributed by atoms with van der Waals surface area (Å²) >= 11 is 0. The number of pyridine rings is 1. The fourth-order valence-corrected chi connectivity index (χ4v) is 2.91. The number of nitrogens with zero attached hydrogens (tertiary/aromatic N) is 2. The summed E-state index contributed by atoms with van der Waals surface area (Å²) in [6.07, 6.45) is -4.66. The summed E-state index contributed by atoms with van der Waals surface area (Å²) in [5, 5.41) is 3.60. The van der Waals surface area contributed by atoms with Crippen molar-refractivity contribution in [3.05, 3.63) is 63.3 Å². The van der Waals surface area contributed by atoms with E-state index in [1.807, 2.05) is 6.92 Å². The van der Waals surface area contributed by atoms with Crippen LogP contribution in [0.4, 0.5) is 13.2 Å². The van der Waals surface area contributed by atoms with E-state index < -0.39 is 23.6 Å². The molecular formula is C17H12F3N3O3. The Morgan fingerprint density at radius 1 is 1.23 bits per heavy atom. The average molecular weight is 363 g/mol. The molecule has 0 fully saturated rings. The van der Waals surface area contributed by atoms with Gasteiger partial charge in [0.2, 0.25) is 5.82 Å². The van der Waals surface area contributed by atoms with Crippen molar-refractivity contribution < 1.29 is 22.4 Å². The van der Waals surface area contributed by atoms with Gasteiger partial charge in [-0.3, -0.25) is 9.51 Å². The zero-order valence-electron chi connectivity index (χ0n) is 13.4. The highest BCUT2D eigenvalue weighted by Gasteiger charge is 2.34. The number of ether oxygens (including phenoxy) is 1. The summed E-state index contributed by atoms with van der Waals surface area (Å²) in [4.78, 5) is 18.0. The molecule has 26 heavy (non-hydrogen) atoms. The molecule has 1 aliphatic rings. The van der Waals surface area contributed by atoms with Crippen LogP contribution in [0.15, 0.2) is 39.6 Å². The molecule has 6 nitrogen and oxygen atoms in total. The first-order valence-corrected chi connectivity index (χ1v) is 7.71. The van der Waals surface area contributed by atoms with Crippen LogP contribution in [-0.2, 0) is 12.6 Å². The second kappa shape index (κ2) is 5.72. The summed E-state index contributed by atoms with van der Waals surface area (Å²) in [6, 6.07) is 6.91. The topological polar surface area (TPSA) is 81.0 Å². The van der Waals surface area contributed by atoms with Crippen LogP contribution < -0.4 is 10.5 Å². The Balaban J connectivity index is 1.67. The fraction of sp³-hybridized carbons (Fsp3) is 0.235. The van der Waals surface area contributed by atoms with Crippen molar-refractivity contribution in [2.45, 2.75) is 25.6 Å². The number of halogens is 3. The minimum absolute atomic E-state index is 0.176. The second-order valence-electron chi connectivity index (χ2n) is 6.03. The van der Waals surface area contributed by atoms with Crippen molar-refractivity contribution in [3.63, 3.8) is 0 Å². The summed E-state index contributed by atoms with van der Waals surface area (Å²) < 4.78 is 48.9. The van der Waals surface area contributed by atoms with Gasteiger partial charge in [0.05, 0.1) is 11.3 Å². The van der Waals surface area contributed by atoms with Gasteiger partial charge in [0.15, 0.2) is 0 Å². The normalized spacial score (nSPS) is 16.4. The SMILES string of the molecule is Cc1cc(-c2noc(=O)[nH]2)nc([C@H]2Cc3cc(C(F)(F)F)ccc3O2)c1. The van der Waals surface area contributed by atoms with Crippen LogP contribution in [-0.4, -0.2) is 15.1 Å². The first-order chi connectivity index (χ1) is 12.3. The predicted molar refractivity (Wildman–Crippen MR) is 83.6 cm³/mol. The van der Waals surface area contributed by atoms with Gasteiger partial charge in [-0.1, -0.05) is 5.16 Å². The maximum atomic E-state index is 12.9. The van der Waals surface area contributed by atoms with E-state index >= 15 is 0 Å². The zero-order chi connectivity index (χ0) is 18.5. The zero-order valence-corrected chi connectivity index (χ0v) is 13.4. The molecule has 0 amide bonds. The van der Waals surface area contributed by atoms with Gasteiger partial charge in [0, 0.05) is 6.42 Å². The highest BCUT2D eigenvalue weighted by atomic mass is 19.4. The number of aromatic amines is 1. The van der Waals surface area contributed by atoms with Gasteiger partial charge in [-0.2, -0.15) is 13.2 Å². The number of aryl methyl sites for hydroxylation is 1. The van der Waals surface area contributed by atoms with Gasteiger partial charge >= 0.3 is 11.9 Å². The van der Waals surface area contributed by atoms with Crippen LogP contribution in [0.1, 0.15) is 28.5 Å². The van der Waals surface area contributed by atoms with E-state index in [0.29, 0.717) is 22.7 Å². The highest BCUT2D eigenvalue weighted by molar-refractivity contribution is 5.50. The predicted octanol–water partition coefficient (Wildman–Crippen LogP) is 3.43. The lowest BCUT2D eigenvalue weighted by Gasteiger charge is -2.12. The lowest BCUT2D eigenvalue weighted by atomic mass is 10.0. The van der Waals surface area contributed by atoms with E-state index in [1.54, 1.807) is 12.1 Å². The van der Waals surface area contributed by atoms with Crippen LogP contribution in [0, 0.1) is 6.92 Å². The van der Waals surface area contributed by atoms with Crippen molar-refractivity contribution in [1.29, 1.82) is 0 Å². The van der Waals surface area contributed by atoms with Crippen LogP contribution in [0.2, 0.25) is 0 Å². The number of hydrogen-bond acceptors (Lipinski definition) is 5. The molecule has 0 bridgehead atoms. The Bertz CT molecular complexity index is 1040. The Hall–Kier alpha value is -3.10. The molecule has 0 radical (unpaired) electrons. The summed E-state index contributed by atoms with van der Waals surface area (Å²) in [6.45, 7) is 1.83. The maximum absolute atomic E-state index is 12.9. The van der Waals surface area contributed by atoms with Gasteiger partial charge in [0.1, 0.15) is 17.5 Å². The molecule has 0 saturated carbocycles. The molecule has 0 unspecified atom stereocenters. The summed E-state index contributed by atoms with van der Waals surface area (Å²) in [5.41, 5.74) is 1.53. The summed E-state index contributed by atoms with van der Waals surface area (Å²) in [5.74, 6) is -0.119. The monoisotopic (exact) mass is 363 g/mol. The number of benzene rings is 1. The maximum Gasteiger partial charge on any atom is 0.439 e. The Morgan fingerprint density at radius 2 is 2.04 bits per heavy atom. The third-order valence-electron chi connectivity index (χ3n) is 4.06. The van der Waals surface area contributed by atoms with E-state index in [0.717, 1.165) is 17.7 Å². The molecule has 4 rings (SSSR count). The smallest absolute Gasteiger partial charge is 0.439 e. The molecule has 3 heterocycles. The average Bonchev–Trinajstić information content (AvgIpc) is 3.18. The van der Waals surface area contributed by atoms with Crippen molar-refractivity contribution in [1.82, 2.24) is 15.1 Å². The molecule has 1 atom stereocenters. The van der Waals surface area contributed by atoms with E-state index in [2.05, 4.69) is 19.6 Å². The van der Waals surface area contributed by atoms with Crippen LogP contribution in [0.3, 0.4) is 0 Å². The van der Waals surface area contributed by atoms with Crippen molar-refractivity contribution in [2.75, 3.05) is 0 Å². The van der Waals surface area contributed by atoms with Crippen molar-refractivity contribution >= 4 is 0 Å². The van der Waals surface area contributed by atoms with Gasteiger partial charge < -0.3 is 4.74 Å². The standard InChI is InChI=1S/C17H12F3N3O3/c1-8-4-11(21-12(5-8)15-22-16(24)26-23-15)14-7-9-6-10(17(18,19)20)2-3-13(9)25-14/h2-6,14H,7H2,1H3,(H,22,23,24)/t14-/m1/s1. The molecule has 1 aliphatic heterocycles. The largest absolute Gasteiger partial charge is 0.483 e. The second-order valence-corrected chi connectivity index (χ2v) is 6.03. The Morgan fingerprint density at radius 3 is 2.73 bits per heavy atom. The minimum atomic E-state index is -4.40. The molecule has 0 aliphatic carbocycles. The molecule has 0 spiro atoms. The molecule has 1 N–H and O–H groups in total.